The number of rotatable bonds is 7. The molecule has 0 fully saturated rings. The number of nitrogens with zero attached hydrogens (tertiary/aromatic N) is 2. The number of nitrogens with one attached hydrogen (secondary N) is 1. The van der Waals surface area contributed by atoms with Gasteiger partial charge < -0.3 is 10.2 Å². The lowest BCUT2D eigenvalue weighted by molar-refractivity contribution is 0.0954. The first-order valence-electron chi connectivity index (χ1n) is 9.75. The second kappa shape index (κ2) is 9.64. The van der Waals surface area contributed by atoms with Crippen LogP contribution in [0.4, 0.5) is 5.69 Å². The molecule has 1 aromatic heterocycles. The molecule has 3 aromatic rings. The maximum absolute atomic E-state index is 13.0. The van der Waals surface area contributed by atoms with Crippen molar-refractivity contribution in [2.45, 2.75) is 20.3 Å². The van der Waals surface area contributed by atoms with Crippen LogP contribution in [0.2, 0.25) is 0 Å². The highest BCUT2D eigenvalue weighted by Crippen LogP contribution is 2.18. The van der Waals surface area contributed by atoms with E-state index in [1.165, 1.54) is 6.20 Å². The molecule has 5 heteroatoms. The van der Waals surface area contributed by atoms with Crippen LogP contribution in [-0.2, 0) is 6.42 Å². The zero-order valence-electron chi connectivity index (χ0n) is 16.8. The third kappa shape index (κ3) is 5.29. The topological polar surface area (TPSA) is 62.3 Å². The van der Waals surface area contributed by atoms with Crippen LogP contribution in [0.1, 0.15) is 38.9 Å². The number of carbonyl (C=O) groups excluding carboxylic acids is 2. The van der Waals surface area contributed by atoms with E-state index in [4.69, 9.17) is 0 Å². The van der Waals surface area contributed by atoms with Crippen LogP contribution in [0.3, 0.4) is 0 Å². The number of pyridine rings is 1. The predicted molar refractivity (Wildman–Crippen MR) is 115 cm³/mol. The highest BCUT2D eigenvalue weighted by molar-refractivity contribution is 6.06. The van der Waals surface area contributed by atoms with E-state index in [9.17, 15) is 9.59 Å². The van der Waals surface area contributed by atoms with Crippen LogP contribution in [0.5, 0.6) is 0 Å². The molecule has 0 aliphatic carbocycles. The Bertz CT molecular complexity index is 986. The van der Waals surface area contributed by atoms with E-state index in [-0.39, 0.29) is 17.5 Å². The summed E-state index contributed by atoms with van der Waals surface area (Å²) < 4.78 is 0. The van der Waals surface area contributed by atoms with Gasteiger partial charge in [-0.05, 0) is 55.7 Å². The fraction of sp³-hybridized carbons (Fsp3) is 0.208. The second-order valence-corrected chi connectivity index (χ2v) is 6.81. The molecule has 0 saturated carbocycles. The highest BCUT2D eigenvalue weighted by atomic mass is 16.2. The molecule has 0 spiro atoms. The summed E-state index contributed by atoms with van der Waals surface area (Å²) in [6.07, 6.45) is 2.25. The van der Waals surface area contributed by atoms with Crippen molar-refractivity contribution in [1.82, 2.24) is 10.3 Å². The van der Waals surface area contributed by atoms with Crippen molar-refractivity contribution >= 4 is 17.5 Å². The quantitative estimate of drug-likeness (QED) is 0.666. The Morgan fingerprint density at radius 1 is 1.00 bits per heavy atom. The zero-order chi connectivity index (χ0) is 20.6. The highest BCUT2D eigenvalue weighted by Gasteiger charge is 2.19. The molecule has 1 N–H and O–H groups in total. The van der Waals surface area contributed by atoms with Gasteiger partial charge in [0.25, 0.3) is 11.8 Å². The van der Waals surface area contributed by atoms with Gasteiger partial charge in [0.1, 0.15) is 5.69 Å². The molecule has 29 heavy (non-hydrogen) atoms. The van der Waals surface area contributed by atoms with Gasteiger partial charge in [0.05, 0.1) is 0 Å². The first-order valence-corrected chi connectivity index (χ1v) is 9.75. The van der Waals surface area contributed by atoms with Crippen molar-refractivity contribution in [2.75, 3.05) is 18.0 Å². The molecule has 0 radical (unpaired) electrons. The molecule has 1 heterocycles. The van der Waals surface area contributed by atoms with Crippen LogP contribution >= 0.6 is 0 Å². The molecule has 0 unspecified atom stereocenters. The molecule has 5 nitrogen and oxygen atoms in total. The maximum Gasteiger partial charge on any atom is 0.276 e. The minimum atomic E-state index is -0.225. The molecular weight excluding hydrogens is 362 g/mol. The molecule has 0 bridgehead atoms. The Hall–Kier alpha value is -3.47. The summed E-state index contributed by atoms with van der Waals surface area (Å²) in [5, 5.41) is 2.90. The molecule has 2 aromatic carbocycles. The van der Waals surface area contributed by atoms with Crippen molar-refractivity contribution in [3.05, 3.63) is 95.3 Å². The first-order chi connectivity index (χ1) is 14.1. The molecule has 0 atom stereocenters. The fourth-order valence-electron chi connectivity index (χ4n) is 3.13. The van der Waals surface area contributed by atoms with Crippen LogP contribution in [0, 0.1) is 6.92 Å². The number of hydrogen-bond acceptors (Lipinski definition) is 3. The lowest BCUT2D eigenvalue weighted by Crippen LogP contribution is -2.32. The minimum Gasteiger partial charge on any atom is -0.352 e. The first kappa shape index (κ1) is 20.3. The van der Waals surface area contributed by atoms with E-state index in [1.54, 1.807) is 17.0 Å². The van der Waals surface area contributed by atoms with Gasteiger partial charge in [-0.1, -0.05) is 42.5 Å². The van der Waals surface area contributed by atoms with Crippen LogP contribution in [-0.4, -0.2) is 29.9 Å². The SMILES string of the molecule is CCN(C(=O)c1cc(C(=O)NCCc2ccccc2)ccn1)c1cccc(C)c1. The largest absolute Gasteiger partial charge is 0.352 e. The standard InChI is InChI=1S/C24H25N3O2/c1-3-27(21-11-7-8-18(2)16-21)24(29)22-17-20(13-15-25-22)23(28)26-14-12-19-9-5-4-6-10-19/h4-11,13,15-17H,3,12,14H2,1-2H3,(H,26,28). The minimum absolute atomic E-state index is 0.212. The summed E-state index contributed by atoms with van der Waals surface area (Å²) in [5.41, 5.74) is 3.74. The summed E-state index contributed by atoms with van der Waals surface area (Å²) in [6, 6.07) is 20.9. The summed E-state index contributed by atoms with van der Waals surface area (Å²) in [5.74, 6) is -0.437. The predicted octanol–water partition coefficient (Wildman–Crippen LogP) is 4.03. The summed E-state index contributed by atoms with van der Waals surface area (Å²) >= 11 is 0. The Morgan fingerprint density at radius 3 is 2.52 bits per heavy atom. The van der Waals surface area contributed by atoms with E-state index in [0.29, 0.717) is 18.7 Å². The summed E-state index contributed by atoms with van der Waals surface area (Å²) in [4.78, 5) is 31.3. The van der Waals surface area contributed by atoms with Gasteiger partial charge in [0, 0.05) is 30.5 Å². The lowest BCUT2D eigenvalue weighted by Gasteiger charge is -2.21. The Balaban J connectivity index is 1.69. The van der Waals surface area contributed by atoms with E-state index in [0.717, 1.165) is 23.2 Å². The van der Waals surface area contributed by atoms with Gasteiger partial charge in [0.2, 0.25) is 0 Å². The molecule has 3 rings (SSSR count). The van der Waals surface area contributed by atoms with Crippen molar-refractivity contribution in [3.8, 4) is 0 Å². The van der Waals surface area contributed by atoms with E-state index >= 15 is 0 Å². The van der Waals surface area contributed by atoms with Crippen molar-refractivity contribution < 1.29 is 9.59 Å². The Labute approximate surface area is 171 Å². The molecule has 0 aliphatic rings. The number of aromatic nitrogens is 1. The fourth-order valence-corrected chi connectivity index (χ4v) is 3.13. The molecule has 0 saturated heterocycles. The maximum atomic E-state index is 13.0. The molecule has 2 amide bonds. The summed E-state index contributed by atoms with van der Waals surface area (Å²) in [6.45, 7) is 4.94. The second-order valence-electron chi connectivity index (χ2n) is 6.81. The van der Waals surface area contributed by atoms with Crippen molar-refractivity contribution in [1.29, 1.82) is 0 Å². The van der Waals surface area contributed by atoms with Crippen LogP contribution in [0.25, 0.3) is 0 Å². The van der Waals surface area contributed by atoms with E-state index < -0.39 is 0 Å². The van der Waals surface area contributed by atoms with Crippen LogP contribution in [0.15, 0.2) is 72.9 Å². The third-order valence-electron chi connectivity index (χ3n) is 4.66. The number of anilines is 1. The molecule has 0 aliphatic heterocycles. The number of aryl methyl sites for hydroxylation is 1. The number of benzene rings is 2. The van der Waals surface area contributed by atoms with Gasteiger partial charge in [-0.15, -0.1) is 0 Å². The van der Waals surface area contributed by atoms with E-state index in [2.05, 4.69) is 10.3 Å². The number of carbonyl (C=O) groups is 2. The number of hydrogen-bond donors (Lipinski definition) is 1. The van der Waals surface area contributed by atoms with Gasteiger partial charge in [-0.25, -0.2) is 0 Å². The van der Waals surface area contributed by atoms with E-state index in [1.807, 2.05) is 68.4 Å². The van der Waals surface area contributed by atoms with Crippen molar-refractivity contribution in [3.63, 3.8) is 0 Å². The average Bonchev–Trinajstić information content (AvgIpc) is 2.75. The monoisotopic (exact) mass is 387 g/mol. The third-order valence-corrected chi connectivity index (χ3v) is 4.66. The van der Waals surface area contributed by atoms with Crippen molar-refractivity contribution in [2.24, 2.45) is 0 Å². The smallest absolute Gasteiger partial charge is 0.276 e. The molecular formula is C24H25N3O2. The van der Waals surface area contributed by atoms with Gasteiger partial charge in [-0.2, -0.15) is 0 Å². The van der Waals surface area contributed by atoms with Crippen LogP contribution < -0.4 is 10.2 Å². The molecule has 148 valence electrons. The number of amides is 2. The lowest BCUT2D eigenvalue weighted by atomic mass is 10.1. The zero-order valence-corrected chi connectivity index (χ0v) is 16.8. The summed E-state index contributed by atoms with van der Waals surface area (Å²) in [7, 11) is 0. The van der Waals surface area contributed by atoms with Gasteiger partial charge in [0.15, 0.2) is 0 Å². The average molecular weight is 387 g/mol. The Morgan fingerprint density at radius 2 is 1.79 bits per heavy atom. The normalized spacial score (nSPS) is 10.4. The van der Waals surface area contributed by atoms with Gasteiger partial charge in [-0.3, -0.25) is 14.6 Å². The Kier molecular flexibility index (Phi) is 6.74. The van der Waals surface area contributed by atoms with Gasteiger partial charge >= 0.3 is 0 Å².